The Bertz CT molecular complexity index is 935. The summed E-state index contributed by atoms with van der Waals surface area (Å²) in [6, 6.07) is 20.1. The first kappa shape index (κ1) is 19.1. The number of nitrogens with one attached hydrogen (secondary N) is 2. The second-order valence-corrected chi connectivity index (χ2v) is 8.43. The molecular formula is C19H14Cl4N2O. The summed E-state index contributed by atoms with van der Waals surface area (Å²) in [7, 11) is 0. The average molecular weight is 428 g/mol. The normalized spacial score (nSPS) is 12.6. The second-order valence-electron chi connectivity index (χ2n) is 5.63. The third-order valence-corrected chi connectivity index (χ3v) is 4.67. The first-order valence-electron chi connectivity index (χ1n) is 7.72. The van der Waals surface area contributed by atoms with Gasteiger partial charge >= 0.3 is 0 Å². The lowest BCUT2D eigenvalue weighted by Crippen LogP contribution is -2.49. The number of anilines is 1. The molecule has 0 saturated heterocycles. The third-order valence-electron chi connectivity index (χ3n) is 3.78. The number of fused-ring (bicyclic) bond motifs is 1. The molecule has 2 N–H and O–H groups in total. The van der Waals surface area contributed by atoms with E-state index in [9.17, 15) is 4.79 Å². The summed E-state index contributed by atoms with van der Waals surface area (Å²) in [5.74, 6) is -0.406. The fourth-order valence-corrected chi connectivity index (χ4v) is 3.07. The molecule has 0 aliphatic rings. The van der Waals surface area contributed by atoms with Crippen molar-refractivity contribution >= 4 is 68.8 Å². The van der Waals surface area contributed by atoms with Crippen LogP contribution in [0.2, 0.25) is 5.02 Å². The topological polar surface area (TPSA) is 41.1 Å². The summed E-state index contributed by atoms with van der Waals surface area (Å²) in [6.07, 6.45) is -0.954. The smallest absolute Gasteiger partial charge is 0.253 e. The molecule has 0 aliphatic carbocycles. The van der Waals surface area contributed by atoms with Gasteiger partial charge in [-0.2, -0.15) is 0 Å². The summed E-state index contributed by atoms with van der Waals surface area (Å²) < 4.78 is -1.77. The van der Waals surface area contributed by atoms with Crippen LogP contribution in [0.15, 0.2) is 66.7 Å². The highest BCUT2D eigenvalue weighted by Gasteiger charge is 2.34. The van der Waals surface area contributed by atoms with Crippen molar-refractivity contribution < 1.29 is 4.79 Å². The monoisotopic (exact) mass is 426 g/mol. The number of carbonyl (C=O) groups is 1. The van der Waals surface area contributed by atoms with Crippen molar-refractivity contribution in [2.24, 2.45) is 0 Å². The third kappa shape index (κ3) is 4.54. The molecule has 3 rings (SSSR count). The van der Waals surface area contributed by atoms with Crippen LogP contribution in [-0.4, -0.2) is 15.9 Å². The fraction of sp³-hybridized carbons (Fsp3) is 0.105. The Kier molecular flexibility index (Phi) is 5.83. The zero-order valence-corrected chi connectivity index (χ0v) is 16.4. The Balaban J connectivity index is 1.88. The van der Waals surface area contributed by atoms with Crippen LogP contribution in [0.1, 0.15) is 10.4 Å². The summed E-state index contributed by atoms with van der Waals surface area (Å²) in [6.45, 7) is 0. The maximum Gasteiger partial charge on any atom is 0.253 e. The van der Waals surface area contributed by atoms with Crippen LogP contribution in [-0.2, 0) is 0 Å². The lowest BCUT2D eigenvalue weighted by atomic mass is 10.1. The Morgan fingerprint density at radius 3 is 2.35 bits per heavy atom. The molecule has 0 radical (unpaired) electrons. The van der Waals surface area contributed by atoms with E-state index in [0.29, 0.717) is 10.6 Å². The highest BCUT2D eigenvalue weighted by Crippen LogP contribution is 2.33. The van der Waals surface area contributed by atoms with Gasteiger partial charge in [0.2, 0.25) is 3.79 Å². The molecule has 0 aliphatic heterocycles. The van der Waals surface area contributed by atoms with Gasteiger partial charge in [-0.1, -0.05) is 88.9 Å². The number of amides is 1. The standard InChI is InChI=1S/C19H14Cl4N2O/c20-14-8-3-7-13(11-14)17(26)25-18(19(21,22)23)24-16-10-4-6-12-5-1-2-9-15(12)16/h1-11,18,24H,(H,25,26). The minimum atomic E-state index is -1.77. The molecule has 0 spiro atoms. The predicted molar refractivity (Wildman–Crippen MR) is 111 cm³/mol. The zero-order valence-electron chi connectivity index (χ0n) is 13.3. The van der Waals surface area contributed by atoms with Crippen LogP contribution >= 0.6 is 46.4 Å². The number of carbonyl (C=O) groups excluding carboxylic acids is 1. The van der Waals surface area contributed by atoms with Gasteiger partial charge in [0.25, 0.3) is 5.91 Å². The minimum absolute atomic E-state index is 0.372. The Morgan fingerprint density at radius 2 is 1.62 bits per heavy atom. The Labute approximate surface area is 171 Å². The van der Waals surface area contributed by atoms with Crippen LogP contribution in [0.4, 0.5) is 5.69 Å². The lowest BCUT2D eigenvalue weighted by molar-refractivity contribution is 0.0942. The van der Waals surface area contributed by atoms with Gasteiger partial charge in [-0.15, -0.1) is 0 Å². The molecule has 134 valence electrons. The molecule has 7 heteroatoms. The van der Waals surface area contributed by atoms with E-state index in [2.05, 4.69) is 10.6 Å². The number of hydrogen-bond acceptors (Lipinski definition) is 2. The summed E-state index contributed by atoms with van der Waals surface area (Å²) >= 11 is 24.2. The molecule has 26 heavy (non-hydrogen) atoms. The Hall–Kier alpha value is -1.65. The molecule has 3 nitrogen and oxygen atoms in total. The first-order valence-corrected chi connectivity index (χ1v) is 9.23. The van der Waals surface area contributed by atoms with Gasteiger partial charge in [-0.3, -0.25) is 4.79 Å². The van der Waals surface area contributed by atoms with E-state index in [4.69, 9.17) is 46.4 Å². The number of benzene rings is 3. The van der Waals surface area contributed by atoms with Gasteiger partial charge in [0, 0.05) is 21.7 Å². The van der Waals surface area contributed by atoms with Crippen molar-refractivity contribution in [3.63, 3.8) is 0 Å². The molecule has 0 aromatic heterocycles. The van der Waals surface area contributed by atoms with Crippen LogP contribution in [0.5, 0.6) is 0 Å². The van der Waals surface area contributed by atoms with Crippen LogP contribution in [0.3, 0.4) is 0 Å². The largest absolute Gasteiger partial charge is 0.361 e. The number of alkyl halides is 3. The van der Waals surface area contributed by atoms with Crippen molar-refractivity contribution in [2.45, 2.75) is 9.96 Å². The fourth-order valence-electron chi connectivity index (χ4n) is 2.55. The predicted octanol–water partition coefficient (Wildman–Crippen LogP) is 6.03. The number of rotatable bonds is 4. The number of hydrogen-bond donors (Lipinski definition) is 2. The van der Waals surface area contributed by atoms with Crippen LogP contribution < -0.4 is 10.6 Å². The Morgan fingerprint density at radius 1 is 0.923 bits per heavy atom. The van der Waals surface area contributed by atoms with Gasteiger partial charge in [-0.05, 0) is 29.7 Å². The van der Waals surface area contributed by atoms with Crippen molar-refractivity contribution in [1.29, 1.82) is 0 Å². The highest BCUT2D eigenvalue weighted by molar-refractivity contribution is 6.68. The summed E-state index contributed by atoms with van der Waals surface area (Å²) in [5, 5.41) is 8.25. The van der Waals surface area contributed by atoms with Gasteiger partial charge in [0.05, 0.1) is 0 Å². The van der Waals surface area contributed by atoms with Crippen molar-refractivity contribution in [3.8, 4) is 0 Å². The highest BCUT2D eigenvalue weighted by atomic mass is 35.6. The molecule has 3 aromatic rings. The molecule has 0 heterocycles. The van der Waals surface area contributed by atoms with E-state index in [0.717, 1.165) is 16.5 Å². The number of halogens is 4. The van der Waals surface area contributed by atoms with E-state index in [1.165, 1.54) is 0 Å². The molecule has 0 saturated carbocycles. The van der Waals surface area contributed by atoms with Crippen molar-refractivity contribution in [1.82, 2.24) is 5.32 Å². The van der Waals surface area contributed by atoms with Gasteiger partial charge in [0.1, 0.15) is 6.17 Å². The van der Waals surface area contributed by atoms with E-state index >= 15 is 0 Å². The van der Waals surface area contributed by atoms with Gasteiger partial charge in [0.15, 0.2) is 0 Å². The van der Waals surface area contributed by atoms with E-state index in [1.807, 2.05) is 42.5 Å². The first-order chi connectivity index (χ1) is 12.3. The molecule has 1 atom stereocenters. The zero-order chi connectivity index (χ0) is 18.7. The van der Waals surface area contributed by atoms with E-state index < -0.39 is 15.9 Å². The minimum Gasteiger partial charge on any atom is -0.361 e. The van der Waals surface area contributed by atoms with Crippen molar-refractivity contribution in [3.05, 3.63) is 77.3 Å². The van der Waals surface area contributed by atoms with Crippen molar-refractivity contribution in [2.75, 3.05) is 5.32 Å². The van der Waals surface area contributed by atoms with E-state index in [-0.39, 0.29) is 0 Å². The van der Waals surface area contributed by atoms with Crippen LogP contribution in [0.25, 0.3) is 10.8 Å². The lowest BCUT2D eigenvalue weighted by Gasteiger charge is -2.28. The molecule has 1 unspecified atom stereocenters. The average Bonchev–Trinajstić information content (AvgIpc) is 2.60. The van der Waals surface area contributed by atoms with Crippen LogP contribution in [0, 0.1) is 0 Å². The molecular weight excluding hydrogens is 414 g/mol. The molecule has 0 bridgehead atoms. The second kappa shape index (κ2) is 7.93. The summed E-state index contributed by atoms with van der Waals surface area (Å²) in [4.78, 5) is 12.5. The van der Waals surface area contributed by atoms with E-state index in [1.54, 1.807) is 24.3 Å². The molecule has 1 amide bonds. The molecule has 3 aromatic carbocycles. The quantitative estimate of drug-likeness (QED) is 0.394. The van der Waals surface area contributed by atoms with Gasteiger partial charge in [-0.25, -0.2) is 0 Å². The maximum absolute atomic E-state index is 12.5. The maximum atomic E-state index is 12.5. The SMILES string of the molecule is O=C(NC(Nc1cccc2ccccc12)C(Cl)(Cl)Cl)c1cccc(Cl)c1. The molecule has 0 fully saturated rings. The summed E-state index contributed by atoms with van der Waals surface area (Å²) in [5.41, 5.74) is 1.11. The van der Waals surface area contributed by atoms with Gasteiger partial charge < -0.3 is 10.6 Å².